The van der Waals surface area contributed by atoms with Crippen molar-refractivity contribution in [3.8, 4) is 28.6 Å². The summed E-state index contributed by atoms with van der Waals surface area (Å²) in [5.74, 6) is 0.629. The van der Waals surface area contributed by atoms with Crippen LogP contribution in [0.5, 0.6) is 17.2 Å². The van der Waals surface area contributed by atoms with Crippen molar-refractivity contribution in [2.75, 3.05) is 20.8 Å². The molecule has 0 aliphatic heterocycles. The molecule has 0 bridgehead atoms. The van der Waals surface area contributed by atoms with Crippen molar-refractivity contribution in [3.05, 3.63) is 41.5 Å². The summed E-state index contributed by atoms with van der Waals surface area (Å²) in [6, 6.07) is 8.59. The Labute approximate surface area is 185 Å². The molecule has 0 atom stereocenters. The number of carbonyl (C=O) groups is 3. The molecule has 0 radical (unpaired) electrons. The lowest BCUT2D eigenvalue weighted by molar-refractivity contribution is -0.141. The van der Waals surface area contributed by atoms with Gasteiger partial charge in [-0.1, -0.05) is 0 Å². The number of methoxy groups -OCH3 is 2. The van der Waals surface area contributed by atoms with E-state index in [0.29, 0.717) is 58.8 Å². The Bertz CT molecular complexity index is 1160. The van der Waals surface area contributed by atoms with Gasteiger partial charge < -0.3 is 23.4 Å². The summed E-state index contributed by atoms with van der Waals surface area (Å²) in [6.07, 6.45) is 1.99. The average Bonchev–Trinajstić information content (AvgIpc) is 3.14. The van der Waals surface area contributed by atoms with Crippen molar-refractivity contribution in [3.63, 3.8) is 0 Å². The molecule has 32 heavy (non-hydrogen) atoms. The molecule has 0 aliphatic carbocycles. The Morgan fingerprint density at radius 3 is 2.34 bits per heavy atom. The fourth-order valence-corrected chi connectivity index (χ4v) is 3.41. The summed E-state index contributed by atoms with van der Waals surface area (Å²) in [6.45, 7) is 2.97. The molecule has 3 rings (SSSR count). The number of hydrogen-bond donors (Lipinski definition) is 0. The second-order valence-electron chi connectivity index (χ2n) is 7.04. The normalized spacial score (nSPS) is 10.6. The third-order valence-corrected chi connectivity index (χ3v) is 4.79. The molecule has 0 amide bonds. The van der Waals surface area contributed by atoms with E-state index in [0.717, 1.165) is 11.8 Å². The quantitative estimate of drug-likeness (QED) is 0.209. The summed E-state index contributed by atoms with van der Waals surface area (Å²) in [7, 11) is 2.98. The first kappa shape index (κ1) is 22.9. The van der Waals surface area contributed by atoms with Crippen LogP contribution in [0, 0.1) is 0 Å². The lowest BCUT2D eigenvalue weighted by atomic mass is 10.0. The fraction of sp³-hybridized carbons (Fsp3) is 0.292. The first-order valence-corrected chi connectivity index (χ1v) is 9.96. The fourth-order valence-electron chi connectivity index (χ4n) is 3.41. The summed E-state index contributed by atoms with van der Waals surface area (Å²) >= 11 is 0. The maximum absolute atomic E-state index is 12.0. The van der Waals surface area contributed by atoms with Crippen molar-refractivity contribution in [2.45, 2.75) is 26.7 Å². The summed E-state index contributed by atoms with van der Waals surface area (Å²) in [5.41, 5.74) is 2.30. The van der Waals surface area contributed by atoms with E-state index in [1.54, 1.807) is 18.2 Å². The van der Waals surface area contributed by atoms with Gasteiger partial charge in [-0.3, -0.25) is 14.4 Å². The number of esters is 2. The standard InChI is InChI=1S/C24H24O8/c1-14(26)30-9-5-6-16-10-18-19(13-25)23(32-24(18)22(11-16)29-4)17-7-8-20(31-15(2)27)21(12-17)28-3/h7-8,10-13H,5-6,9H2,1-4H3. The van der Waals surface area contributed by atoms with Gasteiger partial charge in [0.1, 0.15) is 5.76 Å². The maximum Gasteiger partial charge on any atom is 0.308 e. The van der Waals surface area contributed by atoms with E-state index in [-0.39, 0.29) is 11.7 Å². The van der Waals surface area contributed by atoms with Gasteiger partial charge in [-0.15, -0.1) is 0 Å². The number of ether oxygens (including phenoxy) is 4. The van der Waals surface area contributed by atoms with Crippen LogP contribution in [0.25, 0.3) is 22.3 Å². The summed E-state index contributed by atoms with van der Waals surface area (Å²) in [4.78, 5) is 34.3. The topological polar surface area (TPSA) is 101 Å². The molecule has 0 saturated heterocycles. The zero-order valence-corrected chi connectivity index (χ0v) is 18.4. The van der Waals surface area contributed by atoms with E-state index in [1.807, 2.05) is 12.1 Å². The first-order valence-electron chi connectivity index (χ1n) is 9.96. The average molecular weight is 440 g/mol. The third kappa shape index (κ3) is 4.91. The van der Waals surface area contributed by atoms with E-state index in [1.165, 1.54) is 28.1 Å². The highest BCUT2D eigenvalue weighted by Crippen LogP contribution is 2.40. The number of rotatable bonds is 9. The first-order chi connectivity index (χ1) is 15.4. The molecule has 0 unspecified atom stereocenters. The van der Waals surface area contributed by atoms with E-state index >= 15 is 0 Å². The molecular weight excluding hydrogens is 416 g/mol. The van der Waals surface area contributed by atoms with Crippen LogP contribution in [-0.4, -0.2) is 39.1 Å². The van der Waals surface area contributed by atoms with Gasteiger partial charge in [0, 0.05) is 24.8 Å². The number of benzene rings is 2. The highest BCUT2D eigenvalue weighted by molar-refractivity contribution is 6.04. The van der Waals surface area contributed by atoms with Gasteiger partial charge in [0.05, 0.1) is 26.4 Å². The summed E-state index contributed by atoms with van der Waals surface area (Å²) < 4.78 is 27.0. The Balaban J connectivity index is 2.04. The molecule has 8 heteroatoms. The Morgan fingerprint density at radius 2 is 1.72 bits per heavy atom. The van der Waals surface area contributed by atoms with Crippen molar-refractivity contribution in [2.24, 2.45) is 0 Å². The minimum absolute atomic E-state index is 0.264. The SMILES string of the molecule is COc1cc(-c2oc3c(OC)cc(CCCOC(C)=O)cc3c2C=O)ccc1OC(C)=O. The number of aldehydes is 1. The highest BCUT2D eigenvalue weighted by Gasteiger charge is 2.21. The number of furan rings is 1. The highest BCUT2D eigenvalue weighted by atomic mass is 16.6. The lowest BCUT2D eigenvalue weighted by Gasteiger charge is -2.09. The van der Waals surface area contributed by atoms with Crippen LogP contribution >= 0.6 is 0 Å². The Kier molecular flexibility index (Phi) is 7.14. The monoisotopic (exact) mass is 440 g/mol. The maximum atomic E-state index is 12.0. The second kappa shape index (κ2) is 10.00. The van der Waals surface area contributed by atoms with E-state index < -0.39 is 5.97 Å². The van der Waals surface area contributed by atoms with Crippen molar-refractivity contribution in [1.29, 1.82) is 0 Å². The number of aryl methyl sites for hydroxylation is 1. The minimum atomic E-state index is -0.473. The van der Waals surface area contributed by atoms with Gasteiger partial charge in [-0.25, -0.2) is 0 Å². The van der Waals surface area contributed by atoms with Crippen LogP contribution in [0.1, 0.15) is 36.2 Å². The molecule has 168 valence electrons. The van der Waals surface area contributed by atoms with Gasteiger partial charge in [0.15, 0.2) is 29.1 Å². The molecule has 8 nitrogen and oxygen atoms in total. The van der Waals surface area contributed by atoms with Crippen molar-refractivity contribution in [1.82, 2.24) is 0 Å². The predicted octanol–water partition coefficient (Wildman–Crippen LogP) is 4.35. The number of carbonyl (C=O) groups excluding carboxylic acids is 3. The Hall–Kier alpha value is -3.81. The number of hydrogen-bond acceptors (Lipinski definition) is 8. The lowest BCUT2D eigenvalue weighted by Crippen LogP contribution is -2.03. The van der Waals surface area contributed by atoms with Crippen molar-refractivity contribution >= 4 is 29.2 Å². The second-order valence-corrected chi connectivity index (χ2v) is 7.04. The predicted molar refractivity (Wildman–Crippen MR) is 116 cm³/mol. The third-order valence-electron chi connectivity index (χ3n) is 4.79. The molecule has 1 aromatic heterocycles. The van der Waals surface area contributed by atoms with Crippen LogP contribution in [-0.2, 0) is 20.7 Å². The minimum Gasteiger partial charge on any atom is -0.493 e. The molecule has 0 spiro atoms. The van der Waals surface area contributed by atoms with Crippen molar-refractivity contribution < 1.29 is 37.7 Å². The van der Waals surface area contributed by atoms with E-state index in [2.05, 4.69) is 0 Å². The van der Waals surface area contributed by atoms with Crippen LogP contribution in [0.4, 0.5) is 0 Å². The zero-order chi connectivity index (χ0) is 23.3. The van der Waals surface area contributed by atoms with Gasteiger partial charge in [-0.05, 0) is 48.7 Å². The van der Waals surface area contributed by atoms with Crippen LogP contribution < -0.4 is 14.2 Å². The molecular formula is C24H24O8. The molecule has 2 aromatic carbocycles. The Morgan fingerprint density at radius 1 is 0.969 bits per heavy atom. The van der Waals surface area contributed by atoms with Crippen LogP contribution in [0.3, 0.4) is 0 Å². The smallest absolute Gasteiger partial charge is 0.308 e. The molecule has 3 aromatic rings. The van der Waals surface area contributed by atoms with Gasteiger partial charge >= 0.3 is 11.9 Å². The molecule has 0 fully saturated rings. The molecule has 0 saturated carbocycles. The van der Waals surface area contributed by atoms with E-state index in [4.69, 9.17) is 23.4 Å². The largest absolute Gasteiger partial charge is 0.493 e. The van der Waals surface area contributed by atoms with Gasteiger partial charge in [0.2, 0.25) is 0 Å². The molecule has 0 aliphatic rings. The van der Waals surface area contributed by atoms with Gasteiger partial charge in [-0.2, -0.15) is 0 Å². The van der Waals surface area contributed by atoms with Gasteiger partial charge in [0.25, 0.3) is 0 Å². The molecule has 0 N–H and O–H groups in total. The van der Waals surface area contributed by atoms with Crippen LogP contribution in [0.2, 0.25) is 0 Å². The molecule has 1 heterocycles. The number of fused-ring (bicyclic) bond motifs is 1. The zero-order valence-electron chi connectivity index (χ0n) is 18.4. The van der Waals surface area contributed by atoms with Crippen LogP contribution in [0.15, 0.2) is 34.7 Å². The summed E-state index contributed by atoms with van der Waals surface area (Å²) in [5, 5.41) is 0.611. The van der Waals surface area contributed by atoms with E-state index in [9.17, 15) is 14.4 Å².